The molecule has 5 heteroatoms. The van der Waals surface area contributed by atoms with Gasteiger partial charge < -0.3 is 15.1 Å². The van der Waals surface area contributed by atoms with Crippen molar-refractivity contribution in [3.8, 4) is 0 Å². The van der Waals surface area contributed by atoms with E-state index in [-0.39, 0.29) is 19.3 Å². The summed E-state index contributed by atoms with van der Waals surface area (Å²) < 4.78 is 0. The Morgan fingerprint density at radius 1 is 1.33 bits per heavy atom. The van der Waals surface area contributed by atoms with Gasteiger partial charge in [-0.1, -0.05) is 24.4 Å². The Kier molecular flexibility index (Phi) is 4.80. The number of halogens is 1. The molecule has 0 spiro atoms. The van der Waals surface area contributed by atoms with Crippen molar-refractivity contribution in [1.29, 1.82) is 0 Å². The van der Waals surface area contributed by atoms with Crippen molar-refractivity contribution in [3.63, 3.8) is 0 Å². The lowest BCUT2D eigenvalue weighted by atomic mass is 10.1. The van der Waals surface area contributed by atoms with Crippen molar-refractivity contribution in [2.75, 3.05) is 18.1 Å². The van der Waals surface area contributed by atoms with Crippen LogP contribution in [0.15, 0.2) is 12.3 Å². The maximum atomic E-state index is 9.48. The summed E-state index contributed by atoms with van der Waals surface area (Å²) in [7, 11) is 0. The first-order valence-corrected chi connectivity index (χ1v) is 6.77. The van der Waals surface area contributed by atoms with E-state index < -0.39 is 0 Å². The van der Waals surface area contributed by atoms with E-state index >= 15 is 0 Å². The normalized spacial score (nSPS) is 20.8. The minimum atomic E-state index is -0.0913. The third kappa shape index (κ3) is 2.94. The topological polar surface area (TPSA) is 56.6 Å². The second-order valence-electron chi connectivity index (χ2n) is 4.67. The highest BCUT2D eigenvalue weighted by atomic mass is 35.5. The fourth-order valence-corrected chi connectivity index (χ4v) is 2.58. The number of aromatic nitrogens is 1. The summed E-state index contributed by atoms with van der Waals surface area (Å²) in [6.45, 7) is 0.940. The molecule has 2 rings (SSSR count). The number of aliphatic hydroxyl groups is 2. The largest absolute Gasteiger partial charge is 0.394 e. The number of aliphatic hydroxyl groups excluding tert-OH is 2. The number of nitrogens with zero attached hydrogens (tertiary/aromatic N) is 2. The van der Waals surface area contributed by atoms with Crippen LogP contribution in [-0.2, 0) is 6.61 Å². The molecule has 2 heterocycles. The van der Waals surface area contributed by atoms with Crippen molar-refractivity contribution in [2.45, 2.75) is 38.3 Å². The third-order valence-corrected chi connectivity index (χ3v) is 3.81. The Labute approximate surface area is 112 Å². The highest BCUT2D eigenvalue weighted by Gasteiger charge is 2.22. The summed E-state index contributed by atoms with van der Waals surface area (Å²) >= 11 is 5.95. The molecule has 1 aliphatic heterocycles. The number of anilines is 1. The summed E-state index contributed by atoms with van der Waals surface area (Å²) in [5.74, 6) is 0.796. The molecule has 0 bridgehead atoms. The molecule has 1 unspecified atom stereocenters. The average Bonchev–Trinajstić information content (AvgIpc) is 2.64. The first-order chi connectivity index (χ1) is 8.76. The molecular weight excluding hydrogens is 252 g/mol. The highest BCUT2D eigenvalue weighted by Crippen LogP contribution is 2.25. The number of pyridine rings is 1. The Morgan fingerprint density at radius 2 is 2.17 bits per heavy atom. The number of rotatable bonds is 3. The average molecular weight is 271 g/mol. The van der Waals surface area contributed by atoms with Crippen LogP contribution < -0.4 is 4.90 Å². The van der Waals surface area contributed by atoms with Gasteiger partial charge in [-0.15, -0.1) is 0 Å². The molecule has 0 radical (unpaired) electrons. The Morgan fingerprint density at radius 3 is 2.89 bits per heavy atom. The quantitative estimate of drug-likeness (QED) is 0.882. The molecule has 1 atom stereocenters. The number of hydrogen-bond donors (Lipinski definition) is 2. The summed E-state index contributed by atoms with van der Waals surface area (Å²) in [5.41, 5.74) is 0.683. The van der Waals surface area contributed by atoms with Crippen LogP contribution in [0, 0.1) is 0 Å². The minimum absolute atomic E-state index is 0.0913. The smallest absolute Gasteiger partial charge is 0.129 e. The molecule has 1 saturated heterocycles. The van der Waals surface area contributed by atoms with E-state index in [0.29, 0.717) is 10.6 Å². The zero-order chi connectivity index (χ0) is 13.0. The minimum Gasteiger partial charge on any atom is -0.394 e. The summed E-state index contributed by atoms with van der Waals surface area (Å²) in [6.07, 6.45) is 5.99. The molecule has 4 nitrogen and oxygen atoms in total. The molecule has 1 aromatic heterocycles. The Balaban J connectivity index is 2.26. The Bertz CT molecular complexity index is 401. The molecule has 1 fully saturated rings. The van der Waals surface area contributed by atoms with E-state index in [2.05, 4.69) is 9.88 Å². The van der Waals surface area contributed by atoms with Gasteiger partial charge in [-0.05, 0) is 18.9 Å². The molecule has 0 aromatic carbocycles. The lowest BCUT2D eigenvalue weighted by Crippen LogP contribution is -2.38. The first kappa shape index (κ1) is 13.6. The van der Waals surface area contributed by atoms with E-state index in [1.807, 2.05) is 6.07 Å². The standard InChI is InChI=1S/C13H19ClN2O2/c14-12-7-15-13(6-10(12)8-17)16-5-3-1-2-4-11(16)9-18/h6-7,11,17-18H,1-5,8-9H2. The van der Waals surface area contributed by atoms with Crippen LogP contribution >= 0.6 is 11.6 Å². The molecule has 100 valence electrons. The first-order valence-electron chi connectivity index (χ1n) is 6.39. The van der Waals surface area contributed by atoms with Crippen LogP contribution in [0.4, 0.5) is 5.82 Å². The maximum absolute atomic E-state index is 9.48. The predicted octanol–water partition coefficient (Wildman–Crippen LogP) is 1.97. The lowest BCUT2D eigenvalue weighted by molar-refractivity contribution is 0.254. The molecule has 0 aliphatic carbocycles. The second-order valence-corrected chi connectivity index (χ2v) is 5.08. The predicted molar refractivity (Wildman–Crippen MR) is 71.9 cm³/mol. The zero-order valence-corrected chi connectivity index (χ0v) is 11.1. The van der Waals surface area contributed by atoms with Gasteiger partial charge >= 0.3 is 0 Å². The molecule has 1 aromatic rings. The van der Waals surface area contributed by atoms with Gasteiger partial charge in [-0.2, -0.15) is 0 Å². The van der Waals surface area contributed by atoms with Crippen molar-refractivity contribution in [3.05, 3.63) is 22.8 Å². The number of hydrogen-bond acceptors (Lipinski definition) is 4. The van der Waals surface area contributed by atoms with E-state index in [4.69, 9.17) is 11.6 Å². The van der Waals surface area contributed by atoms with E-state index in [0.717, 1.165) is 31.6 Å². The second kappa shape index (κ2) is 6.36. The molecule has 0 saturated carbocycles. The van der Waals surface area contributed by atoms with Gasteiger partial charge in [-0.25, -0.2) is 4.98 Å². The van der Waals surface area contributed by atoms with E-state index in [1.165, 1.54) is 6.42 Å². The van der Waals surface area contributed by atoms with Crippen LogP contribution in [0.25, 0.3) is 0 Å². The lowest BCUT2D eigenvalue weighted by Gasteiger charge is -2.30. The van der Waals surface area contributed by atoms with Crippen molar-refractivity contribution in [1.82, 2.24) is 4.98 Å². The van der Waals surface area contributed by atoms with Gasteiger partial charge in [0, 0.05) is 18.3 Å². The molecule has 1 aliphatic rings. The fourth-order valence-electron chi connectivity index (χ4n) is 2.41. The SMILES string of the molecule is OCc1cc(N2CCCCCC2CO)ncc1Cl. The van der Waals surface area contributed by atoms with Crippen molar-refractivity contribution >= 4 is 17.4 Å². The zero-order valence-electron chi connectivity index (χ0n) is 10.3. The van der Waals surface area contributed by atoms with Crippen molar-refractivity contribution < 1.29 is 10.2 Å². The van der Waals surface area contributed by atoms with Gasteiger partial charge in [0.2, 0.25) is 0 Å². The maximum Gasteiger partial charge on any atom is 0.129 e. The van der Waals surface area contributed by atoms with Gasteiger partial charge in [0.05, 0.1) is 24.3 Å². The van der Waals surface area contributed by atoms with Gasteiger partial charge in [0.15, 0.2) is 0 Å². The third-order valence-electron chi connectivity index (χ3n) is 3.47. The van der Waals surface area contributed by atoms with E-state index in [9.17, 15) is 10.2 Å². The van der Waals surface area contributed by atoms with Gasteiger partial charge in [-0.3, -0.25) is 0 Å². The van der Waals surface area contributed by atoms with Crippen LogP contribution in [0.3, 0.4) is 0 Å². The summed E-state index contributed by atoms with van der Waals surface area (Å²) in [5, 5.41) is 19.2. The fraction of sp³-hybridized carbons (Fsp3) is 0.615. The van der Waals surface area contributed by atoms with Crippen LogP contribution in [0.5, 0.6) is 0 Å². The van der Waals surface area contributed by atoms with E-state index in [1.54, 1.807) is 6.20 Å². The molecule has 2 N–H and O–H groups in total. The molecular formula is C13H19ClN2O2. The molecule has 18 heavy (non-hydrogen) atoms. The summed E-state index contributed by atoms with van der Waals surface area (Å²) in [6, 6.07) is 1.93. The summed E-state index contributed by atoms with van der Waals surface area (Å²) in [4.78, 5) is 6.45. The molecule has 0 amide bonds. The van der Waals surface area contributed by atoms with Gasteiger partial charge in [0.25, 0.3) is 0 Å². The van der Waals surface area contributed by atoms with Crippen LogP contribution in [-0.4, -0.2) is 34.4 Å². The van der Waals surface area contributed by atoms with Gasteiger partial charge in [0.1, 0.15) is 5.82 Å². The monoisotopic (exact) mass is 270 g/mol. The Hall–Kier alpha value is -0.840. The van der Waals surface area contributed by atoms with Crippen LogP contribution in [0.2, 0.25) is 5.02 Å². The van der Waals surface area contributed by atoms with Crippen molar-refractivity contribution in [2.24, 2.45) is 0 Å². The highest BCUT2D eigenvalue weighted by molar-refractivity contribution is 6.31. The van der Waals surface area contributed by atoms with Crippen LogP contribution in [0.1, 0.15) is 31.2 Å².